The van der Waals surface area contributed by atoms with E-state index in [0.29, 0.717) is 13.0 Å². The summed E-state index contributed by atoms with van der Waals surface area (Å²) in [7, 11) is 0. The van der Waals surface area contributed by atoms with Crippen LogP contribution in [0.25, 0.3) is 0 Å². The standard InChI is InChI=1S/C10H14N2O2/c13-7-8-5-9(14)6-12(8)10-3-1-2-4-11-10/h1-4,8-9,13-14H,5-7H2/t8-,9+/m1/s1. The number of aliphatic hydroxyl groups is 2. The van der Waals surface area contributed by atoms with E-state index >= 15 is 0 Å². The highest BCUT2D eigenvalue weighted by Crippen LogP contribution is 2.23. The first-order valence-corrected chi connectivity index (χ1v) is 4.78. The van der Waals surface area contributed by atoms with Crippen molar-refractivity contribution in [1.82, 2.24) is 4.98 Å². The van der Waals surface area contributed by atoms with Gasteiger partial charge in [0.1, 0.15) is 5.82 Å². The first-order valence-electron chi connectivity index (χ1n) is 4.78. The van der Waals surface area contributed by atoms with Crippen LogP contribution in [0.2, 0.25) is 0 Å². The predicted molar refractivity (Wildman–Crippen MR) is 53.1 cm³/mol. The summed E-state index contributed by atoms with van der Waals surface area (Å²) < 4.78 is 0. The van der Waals surface area contributed by atoms with Crippen molar-refractivity contribution >= 4 is 5.82 Å². The lowest BCUT2D eigenvalue weighted by atomic mass is 10.2. The van der Waals surface area contributed by atoms with Gasteiger partial charge in [-0.2, -0.15) is 0 Å². The first kappa shape index (κ1) is 9.43. The summed E-state index contributed by atoms with van der Waals surface area (Å²) in [5.74, 6) is 0.822. The molecule has 14 heavy (non-hydrogen) atoms. The topological polar surface area (TPSA) is 56.6 Å². The van der Waals surface area contributed by atoms with E-state index < -0.39 is 0 Å². The van der Waals surface area contributed by atoms with E-state index in [1.54, 1.807) is 6.20 Å². The molecule has 76 valence electrons. The van der Waals surface area contributed by atoms with E-state index in [1.165, 1.54) is 0 Å². The number of β-amino-alcohol motifs (C(OH)–C–C–N with tert-alkyl or cyclic N) is 1. The molecule has 1 aliphatic heterocycles. The van der Waals surface area contributed by atoms with Crippen LogP contribution in [0.5, 0.6) is 0 Å². The van der Waals surface area contributed by atoms with Crippen molar-refractivity contribution < 1.29 is 10.2 Å². The summed E-state index contributed by atoms with van der Waals surface area (Å²) in [6.07, 6.45) is 1.98. The molecule has 1 aliphatic rings. The van der Waals surface area contributed by atoms with E-state index in [9.17, 15) is 5.11 Å². The number of nitrogens with zero attached hydrogens (tertiary/aromatic N) is 2. The molecule has 0 saturated carbocycles. The average Bonchev–Trinajstić information content (AvgIpc) is 2.61. The van der Waals surface area contributed by atoms with Crippen LogP contribution in [0.3, 0.4) is 0 Å². The Kier molecular flexibility index (Phi) is 2.65. The Labute approximate surface area is 82.8 Å². The van der Waals surface area contributed by atoms with Crippen molar-refractivity contribution in [3.05, 3.63) is 24.4 Å². The van der Waals surface area contributed by atoms with Crippen molar-refractivity contribution in [2.45, 2.75) is 18.6 Å². The van der Waals surface area contributed by atoms with Gasteiger partial charge in [-0.15, -0.1) is 0 Å². The van der Waals surface area contributed by atoms with Gasteiger partial charge < -0.3 is 15.1 Å². The number of aromatic nitrogens is 1. The Hall–Kier alpha value is -1.13. The Morgan fingerprint density at radius 1 is 1.50 bits per heavy atom. The van der Waals surface area contributed by atoms with Gasteiger partial charge in [0.15, 0.2) is 0 Å². The normalized spacial score (nSPS) is 26.9. The Balaban J connectivity index is 2.18. The first-order chi connectivity index (χ1) is 6.81. The van der Waals surface area contributed by atoms with Crippen LogP contribution in [-0.4, -0.2) is 40.5 Å². The van der Waals surface area contributed by atoms with Crippen LogP contribution >= 0.6 is 0 Å². The highest BCUT2D eigenvalue weighted by Gasteiger charge is 2.30. The number of aliphatic hydroxyl groups excluding tert-OH is 2. The van der Waals surface area contributed by atoms with Gasteiger partial charge in [0, 0.05) is 12.7 Å². The summed E-state index contributed by atoms with van der Waals surface area (Å²) in [6.45, 7) is 0.621. The average molecular weight is 194 g/mol. The minimum Gasteiger partial charge on any atom is -0.394 e. The van der Waals surface area contributed by atoms with Crippen LogP contribution < -0.4 is 4.90 Å². The van der Waals surface area contributed by atoms with E-state index in [0.717, 1.165) is 5.82 Å². The van der Waals surface area contributed by atoms with E-state index in [2.05, 4.69) is 4.98 Å². The molecule has 2 N–H and O–H groups in total. The highest BCUT2D eigenvalue weighted by atomic mass is 16.3. The van der Waals surface area contributed by atoms with Crippen LogP contribution in [0.1, 0.15) is 6.42 Å². The minimum absolute atomic E-state index is 0.0000926. The number of hydrogen-bond donors (Lipinski definition) is 2. The molecule has 0 aromatic carbocycles. The monoisotopic (exact) mass is 194 g/mol. The van der Waals surface area contributed by atoms with Crippen LogP contribution in [0.4, 0.5) is 5.82 Å². The molecule has 0 aliphatic carbocycles. The third kappa shape index (κ3) is 1.71. The fourth-order valence-electron chi connectivity index (χ4n) is 1.87. The van der Waals surface area contributed by atoms with Gasteiger partial charge in [0.2, 0.25) is 0 Å². The molecular weight excluding hydrogens is 180 g/mol. The SMILES string of the molecule is OC[C@H]1C[C@H](O)CN1c1ccccn1. The third-order valence-corrected chi connectivity index (χ3v) is 2.55. The molecule has 0 bridgehead atoms. The molecule has 1 aromatic rings. The molecule has 0 radical (unpaired) electrons. The molecule has 1 fully saturated rings. The van der Waals surface area contributed by atoms with Crippen molar-refractivity contribution in [2.75, 3.05) is 18.1 Å². The van der Waals surface area contributed by atoms with Crippen LogP contribution in [-0.2, 0) is 0 Å². The van der Waals surface area contributed by atoms with Gasteiger partial charge in [-0.25, -0.2) is 4.98 Å². The van der Waals surface area contributed by atoms with Gasteiger partial charge in [0.05, 0.1) is 18.8 Å². The summed E-state index contributed by atoms with van der Waals surface area (Å²) in [4.78, 5) is 6.15. The summed E-state index contributed by atoms with van der Waals surface area (Å²) in [5.41, 5.74) is 0. The van der Waals surface area contributed by atoms with Gasteiger partial charge >= 0.3 is 0 Å². The molecule has 2 atom stereocenters. The molecule has 1 saturated heterocycles. The summed E-state index contributed by atoms with van der Waals surface area (Å²) >= 11 is 0. The van der Waals surface area contributed by atoms with Crippen molar-refractivity contribution in [3.63, 3.8) is 0 Å². The van der Waals surface area contributed by atoms with E-state index in [-0.39, 0.29) is 18.8 Å². The zero-order valence-corrected chi connectivity index (χ0v) is 7.87. The predicted octanol–water partition coefficient (Wildman–Crippen LogP) is 0.0135. The van der Waals surface area contributed by atoms with Gasteiger partial charge in [-0.1, -0.05) is 6.07 Å². The number of anilines is 1. The largest absolute Gasteiger partial charge is 0.394 e. The van der Waals surface area contributed by atoms with Crippen molar-refractivity contribution in [2.24, 2.45) is 0 Å². The molecule has 4 nitrogen and oxygen atoms in total. The zero-order valence-electron chi connectivity index (χ0n) is 7.87. The molecule has 4 heteroatoms. The second-order valence-electron chi connectivity index (χ2n) is 3.57. The van der Waals surface area contributed by atoms with Crippen LogP contribution in [0, 0.1) is 0 Å². The molecule has 0 amide bonds. The minimum atomic E-state index is -0.353. The second-order valence-corrected chi connectivity index (χ2v) is 3.57. The molecule has 2 rings (SSSR count). The number of hydrogen-bond acceptors (Lipinski definition) is 4. The quantitative estimate of drug-likeness (QED) is 0.696. The van der Waals surface area contributed by atoms with Gasteiger partial charge in [-0.05, 0) is 18.6 Å². The highest BCUT2D eigenvalue weighted by molar-refractivity contribution is 5.41. The lowest BCUT2D eigenvalue weighted by Gasteiger charge is -2.23. The fourth-order valence-corrected chi connectivity index (χ4v) is 1.87. The fraction of sp³-hybridized carbons (Fsp3) is 0.500. The third-order valence-electron chi connectivity index (χ3n) is 2.55. The van der Waals surface area contributed by atoms with Crippen molar-refractivity contribution in [3.8, 4) is 0 Å². The van der Waals surface area contributed by atoms with E-state index in [1.807, 2.05) is 23.1 Å². The maximum atomic E-state index is 9.48. The zero-order chi connectivity index (χ0) is 9.97. The van der Waals surface area contributed by atoms with Crippen molar-refractivity contribution in [1.29, 1.82) is 0 Å². The number of rotatable bonds is 2. The Morgan fingerprint density at radius 3 is 3.00 bits per heavy atom. The lowest BCUT2D eigenvalue weighted by Crippen LogP contribution is -2.32. The summed E-state index contributed by atoms with van der Waals surface area (Å²) in [6, 6.07) is 5.64. The molecule has 2 heterocycles. The molecule has 1 aromatic heterocycles. The van der Waals surface area contributed by atoms with Gasteiger partial charge in [-0.3, -0.25) is 0 Å². The maximum Gasteiger partial charge on any atom is 0.128 e. The van der Waals surface area contributed by atoms with E-state index in [4.69, 9.17) is 5.11 Å². The lowest BCUT2D eigenvalue weighted by molar-refractivity contribution is 0.184. The Bertz CT molecular complexity index is 291. The molecule has 0 unspecified atom stereocenters. The summed E-state index contributed by atoms with van der Waals surface area (Å²) in [5, 5.41) is 18.6. The van der Waals surface area contributed by atoms with Gasteiger partial charge in [0.25, 0.3) is 0 Å². The molecule has 0 spiro atoms. The number of pyridine rings is 1. The smallest absolute Gasteiger partial charge is 0.128 e. The molecular formula is C10H14N2O2. The second kappa shape index (κ2) is 3.94. The Morgan fingerprint density at radius 2 is 2.36 bits per heavy atom. The van der Waals surface area contributed by atoms with Crippen LogP contribution in [0.15, 0.2) is 24.4 Å². The maximum absolute atomic E-state index is 9.48.